The second-order valence-electron chi connectivity index (χ2n) is 9.43. The Balaban J connectivity index is 1.57. The molecule has 0 aliphatic heterocycles. The van der Waals surface area contributed by atoms with Crippen molar-refractivity contribution in [3.63, 3.8) is 0 Å². The number of fused-ring (bicyclic) bond motifs is 2. The Hall–Kier alpha value is -4.40. The molecule has 1 atom stereocenters. The molecule has 3 N–H and O–H groups in total. The van der Waals surface area contributed by atoms with Gasteiger partial charge < -0.3 is 24.6 Å². The van der Waals surface area contributed by atoms with Gasteiger partial charge in [0, 0.05) is 22.4 Å². The lowest BCUT2D eigenvalue weighted by Gasteiger charge is -2.18. The maximum Gasteiger partial charge on any atom is 0.340 e. The van der Waals surface area contributed by atoms with E-state index in [-0.39, 0.29) is 17.9 Å². The van der Waals surface area contributed by atoms with E-state index in [4.69, 9.17) is 8.83 Å². The van der Waals surface area contributed by atoms with Crippen LogP contribution in [0.3, 0.4) is 0 Å². The van der Waals surface area contributed by atoms with Gasteiger partial charge in [-0.05, 0) is 37.0 Å². The standard InChI is InChI=1S/C28H28N2O7/c1-14(2)26(27(33)34)30-25(32)12-29-24(31)10-19-16(4)18-9-20-21(17-7-5-15(3)6-8-17)13-36-22(20)11-23(18)37-28(19)35/h5-9,11,13-14,26H,10,12H2,1-4H3,(H,29,31)(H,30,32)(H,33,34)/t26-/m0/s1. The zero-order valence-corrected chi connectivity index (χ0v) is 21.0. The molecule has 2 aromatic carbocycles. The van der Waals surface area contributed by atoms with E-state index >= 15 is 0 Å². The predicted molar refractivity (Wildman–Crippen MR) is 138 cm³/mol. The zero-order valence-electron chi connectivity index (χ0n) is 21.0. The number of nitrogens with one attached hydrogen (secondary N) is 2. The predicted octanol–water partition coefficient (Wildman–Crippen LogP) is 3.71. The van der Waals surface area contributed by atoms with Crippen LogP contribution in [-0.2, 0) is 20.8 Å². The Morgan fingerprint density at radius 3 is 2.32 bits per heavy atom. The molecule has 0 bridgehead atoms. The number of rotatable bonds is 8. The van der Waals surface area contributed by atoms with Crippen molar-refractivity contribution in [2.24, 2.45) is 5.92 Å². The Bertz CT molecular complexity index is 1560. The zero-order chi connectivity index (χ0) is 26.9. The van der Waals surface area contributed by atoms with Crippen LogP contribution in [0.1, 0.15) is 30.5 Å². The Morgan fingerprint density at radius 2 is 1.68 bits per heavy atom. The van der Waals surface area contributed by atoms with E-state index in [9.17, 15) is 24.3 Å². The fraction of sp³-hybridized carbons (Fsp3) is 0.286. The molecule has 9 nitrogen and oxygen atoms in total. The molecule has 37 heavy (non-hydrogen) atoms. The second-order valence-corrected chi connectivity index (χ2v) is 9.43. The van der Waals surface area contributed by atoms with Crippen molar-refractivity contribution in [3.8, 4) is 11.1 Å². The number of carbonyl (C=O) groups excluding carboxylic acids is 2. The molecule has 0 saturated carbocycles. The normalized spacial score (nSPS) is 12.1. The number of benzene rings is 2. The van der Waals surface area contributed by atoms with Gasteiger partial charge in [-0.1, -0.05) is 43.7 Å². The molecule has 0 radical (unpaired) electrons. The van der Waals surface area contributed by atoms with Gasteiger partial charge in [0.25, 0.3) is 0 Å². The molecule has 9 heteroatoms. The second kappa shape index (κ2) is 10.3. The third-order valence-electron chi connectivity index (χ3n) is 6.38. The minimum absolute atomic E-state index is 0.177. The van der Waals surface area contributed by atoms with Crippen LogP contribution < -0.4 is 16.3 Å². The highest BCUT2D eigenvalue weighted by Gasteiger charge is 2.24. The third kappa shape index (κ3) is 5.40. The molecule has 0 fully saturated rings. The summed E-state index contributed by atoms with van der Waals surface area (Å²) in [6.07, 6.45) is 1.37. The summed E-state index contributed by atoms with van der Waals surface area (Å²) in [5.41, 5.74) is 4.06. The number of hydrogen-bond acceptors (Lipinski definition) is 6. The summed E-state index contributed by atoms with van der Waals surface area (Å²) >= 11 is 0. The molecule has 0 spiro atoms. The molecule has 0 unspecified atom stereocenters. The van der Waals surface area contributed by atoms with Gasteiger partial charge in [-0.2, -0.15) is 0 Å². The van der Waals surface area contributed by atoms with Gasteiger partial charge in [0.05, 0.1) is 24.8 Å². The highest BCUT2D eigenvalue weighted by Crippen LogP contribution is 2.34. The van der Waals surface area contributed by atoms with Crippen molar-refractivity contribution < 1.29 is 28.3 Å². The molecule has 0 aliphatic carbocycles. The van der Waals surface area contributed by atoms with Crippen molar-refractivity contribution >= 4 is 39.7 Å². The van der Waals surface area contributed by atoms with Gasteiger partial charge in [-0.25, -0.2) is 9.59 Å². The van der Waals surface area contributed by atoms with E-state index in [1.54, 1.807) is 33.1 Å². The number of hydrogen-bond donors (Lipinski definition) is 3. The first-order valence-electron chi connectivity index (χ1n) is 11.9. The molecule has 2 heterocycles. The lowest BCUT2D eigenvalue weighted by Crippen LogP contribution is -2.48. The third-order valence-corrected chi connectivity index (χ3v) is 6.38. The molecule has 2 amide bonds. The smallest absolute Gasteiger partial charge is 0.340 e. The van der Waals surface area contributed by atoms with E-state index in [1.807, 2.05) is 37.3 Å². The summed E-state index contributed by atoms with van der Waals surface area (Å²) in [5.74, 6) is -2.68. The molecule has 0 aliphatic rings. The maximum atomic E-state index is 12.7. The molecule has 4 aromatic rings. The van der Waals surface area contributed by atoms with Gasteiger partial charge in [0.15, 0.2) is 0 Å². The van der Waals surface area contributed by atoms with Gasteiger partial charge in [-0.15, -0.1) is 0 Å². The van der Waals surface area contributed by atoms with Crippen molar-refractivity contribution in [1.29, 1.82) is 0 Å². The van der Waals surface area contributed by atoms with Gasteiger partial charge in [0.1, 0.15) is 17.2 Å². The number of aliphatic carboxylic acids is 1. The summed E-state index contributed by atoms with van der Waals surface area (Å²) in [7, 11) is 0. The monoisotopic (exact) mass is 504 g/mol. The summed E-state index contributed by atoms with van der Waals surface area (Å²) in [6.45, 7) is 6.68. The van der Waals surface area contributed by atoms with Crippen LogP contribution in [0.15, 0.2) is 56.3 Å². The topological polar surface area (TPSA) is 139 Å². The van der Waals surface area contributed by atoms with E-state index in [2.05, 4.69) is 10.6 Å². The van der Waals surface area contributed by atoms with Crippen molar-refractivity contribution in [1.82, 2.24) is 10.6 Å². The van der Waals surface area contributed by atoms with Gasteiger partial charge in [-0.3, -0.25) is 9.59 Å². The highest BCUT2D eigenvalue weighted by molar-refractivity contribution is 6.02. The van der Waals surface area contributed by atoms with Crippen LogP contribution in [0.4, 0.5) is 0 Å². The van der Waals surface area contributed by atoms with Gasteiger partial charge >= 0.3 is 11.6 Å². The quantitative estimate of drug-likeness (QED) is 0.311. The van der Waals surface area contributed by atoms with E-state index in [1.165, 1.54) is 0 Å². The fourth-order valence-corrected chi connectivity index (χ4v) is 4.21. The highest BCUT2D eigenvalue weighted by atomic mass is 16.4. The maximum absolute atomic E-state index is 12.7. The molecular formula is C28H28N2O7. The van der Waals surface area contributed by atoms with Crippen LogP contribution in [-0.4, -0.2) is 35.5 Å². The number of carboxylic acid groups (broad SMARTS) is 1. The van der Waals surface area contributed by atoms with E-state index in [0.29, 0.717) is 22.1 Å². The summed E-state index contributed by atoms with van der Waals surface area (Å²) in [6, 6.07) is 10.5. The Kier molecular flexibility index (Phi) is 7.15. The lowest BCUT2D eigenvalue weighted by molar-refractivity contribution is -0.143. The number of carboxylic acids is 1. The SMILES string of the molecule is Cc1ccc(-c2coc3cc4oc(=O)c(CC(=O)NCC(=O)N[C@H](C(=O)O)C(C)C)c(C)c4cc23)cc1. The van der Waals surface area contributed by atoms with Gasteiger partial charge in [0.2, 0.25) is 11.8 Å². The number of amides is 2. The van der Waals surface area contributed by atoms with Crippen molar-refractivity contribution in [3.05, 3.63) is 69.8 Å². The minimum Gasteiger partial charge on any atom is -0.480 e. The molecule has 4 rings (SSSR count). The number of carbonyl (C=O) groups is 3. The van der Waals surface area contributed by atoms with Crippen molar-refractivity contribution in [2.45, 2.75) is 40.2 Å². The van der Waals surface area contributed by atoms with Crippen molar-refractivity contribution in [2.75, 3.05) is 6.54 Å². The first-order chi connectivity index (χ1) is 17.5. The first kappa shape index (κ1) is 25.7. The van der Waals surface area contributed by atoms with Crippen LogP contribution >= 0.6 is 0 Å². The number of furan rings is 1. The molecule has 2 aromatic heterocycles. The van der Waals surface area contributed by atoms with E-state index in [0.717, 1.165) is 22.1 Å². The summed E-state index contributed by atoms with van der Waals surface area (Å²) < 4.78 is 11.2. The molecule has 0 saturated heterocycles. The Morgan fingerprint density at radius 1 is 0.973 bits per heavy atom. The Labute approximate surface area is 212 Å². The molecule has 192 valence electrons. The van der Waals surface area contributed by atoms with Crippen LogP contribution in [0.25, 0.3) is 33.1 Å². The molecular weight excluding hydrogens is 476 g/mol. The lowest BCUT2D eigenvalue weighted by atomic mass is 9.99. The average molecular weight is 505 g/mol. The number of aryl methyl sites for hydroxylation is 2. The average Bonchev–Trinajstić information content (AvgIpc) is 3.25. The first-order valence-corrected chi connectivity index (χ1v) is 11.9. The van der Waals surface area contributed by atoms with Crippen LogP contribution in [0.5, 0.6) is 0 Å². The fourth-order valence-electron chi connectivity index (χ4n) is 4.21. The summed E-state index contributed by atoms with van der Waals surface area (Å²) in [5, 5.41) is 15.5. The minimum atomic E-state index is -1.16. The largest absolute Gasteiger partial charge is 0.480 e. The summed E-state index contributed by atoms with van der Waals surface area (Å²) in [4.78, 5) is 48.6. The van der Waals surface area contributed by atoms with Crippen LogP contribution in [0.2, 0.25) is 0 Å². The van der Waals surface area contributed by atoms with Crippen LogP contribution in [0, 0.1) is 19.8 Å². The van der Waals surface area contributed by atoms with E-state index < -0.39 is 36.0 Å².